The number of benzene rings is 1. The molecular weight excluding hydrogens is 276 g/mol. The Balaban J connectivity index is 1.77. The summed E-state index contributed by atoms with van der Waals surface area (Å²) in [5.41, 5.74) is 6.47. The molecule has 1 atom stereocenters. The summed E-state index contributed by atoms with van der Waals surface area (Å²) >= 11 is 0. The minimum atomic E-state index is 0.642. The first-order valence-electron chi connectivity index (χ1n) is 9.32. The van der Waals surface area contributed by atoms with Crippen LogP contribution in [-0.4, -0.2) is 0 Å². The minimum Gasteiger partial charge on any atom is -0.0798 e. The van der Waals surface area contributed by atoms with Gasteiger partial charge in [-0.2, -0.15) is 0 Å². The quantitative estimate of drug-likeness (QED) is 0.736. The van der Waals surface area contributed by atoms with Crippen LogP contribution < -0.4 is 10.4 Å². The normalized spacial score (nSPS) is 25.5. The van der Waals surface area contributed by atoms with Crippen LogP contribution in [0.4, 0.5) is 0 Å². The van der Waals surface area contributed by atoms with E-state index in [4.69, 9.17) is 0 Å². The molecule has 1 aromatic carbocycles. The van der Waals surface area contributed by atoms with Crippen LogP contribution in [0.3, 0.4) is 0 Å². The van der Waals surface area contributed by atoms with Crippen molar-refractivity contribution in [1.29, 1.82) is 0 Å². The zero-order valence-electron chi connectivity index (χ0n) is 13.7. The first kappa shape index (κ1) is 13.6. The van der Waals surface area contributed by atoms with Crippen molar-refractivity contribution in [3.8, 4) is 0 Å². The van der Waals surface area contributed by atoms with Gasteiger partial charge in [0, 0.05) is 5.92 Å². The standard InChI is InChI=1S/C23H24/c1-2-7-16(6-1)19-10-5-11-20-21(19)14-15-22-18-9-4-3-8-17(18)12-13-23(20)22/h3-5,8-10,14-17H,1-2,6-7,11-13H2. The lowest BCUT2D eigenvalue weighted by Gasteiger charge is -2.26. The fourth-order valence-corrected chi connectivity index (χ4v) is 5.16. The Morgan fingerprint density at radius 1 is 0.783 bits per heavy atom. The van der Waals surface area contributed by atoms with E-state index in [1.807, 2.05) is 0 Å². The maximum absolute atomic E-state index is 2.44. The van der Waals surface area contributed by atoms with Crippen molar-refractivity contribution < 1.29 is 0 Å². The third-order valence-electron chi connectivity index (χ3n) is 6.30. The molecule has 0 saturated heterocycles. The lowest BCUT2D eigenvalue weighted by molar-refractivity contribution is 0.688. The SMILES string of the molecule is C1=CC2=c3ccc4c(c3CCC2C=C1)CC=CC=4C1CCCC1. The largest absolute Gasteiger partial charge is 0.0798 e. The molecule has 0 nitrogen and oxygen atoms in total. The summed E-state index contributed by atoms with van der Waals surface area (Å²) in [5, 5.41) is 3.11. The average Bonchev–Trinajstić information content (AvgIpc) is 3.15. The number of hydrogen-bond donors (Lipinski definition) is 0. The van der Waals surface area contributed by atoms with E-state index in [0.29, 0.717) is 5.92 Å². The molecule has 0 radical (unpaired) electrons. The van der Waals surface area contributed by atoms with E-state index in [9.17, 15) is 0 Å². The number of fused-ring (bicyclic) bond motifs is 4. The fraction of sp³-hybridized carbons (Fsp3) is 0.391. The van der Waals surface area contributed by atoms with Crippen LogP contribution in [-0.2, 0) is 12.8 Å². The van der Waals surface area contributed by atoms with E-state index < -0.39 is 0 Å². The number of hydrogen-bond acceptors (Lipinski definition) is 0. The Labute approximate surface area is 138 Å². The van der Waals surface area contributed by atoms with Crippen molar-refractivity contribution in [2.45, 2.75) is 44.9 Å². The Hall–Kier alpha value is -1.82. The lowest BCUT2D eigenvalue weighted by Crippen LogP contribution is -2.31. The van der Waals surface area contributed by atoms with Crippen molar-refractivity contribution in [3.63, 3.8) is 0 Å². The summed E-state index contributed by atoms with van der Waals surface area (Å²) in [4.78, 5) is 0. The van der Waals surface area contributed by atoms with Crippen molar-refractivity contribution in [3.05, 3.63) is 70.2 Å². The molecule has 4 aliphatic carbocycles. The summed E-state index contributed by atoms with van der Waals surface area (Å²) in [7, 11) is 0. The van der Waals surface area contributed by atoms with Gasteiger partial charge < -0.3 is 0 Å². The van der Waals surface area contributed by atoms with Gasteiger partial charge in [-0.05, 0) is 70.7 Å². The predicted molar refractivity (Wildman–Crippen MR) is 97.4 cm³/mol. The average molecular weight is 300 g/mol. The minimum absolute atomic E-state index is 0.642. The second-order valence-electron chi connectivity index (χ2n) is 7.51. The van der Waals surface area contributed by atoms with Gasteiger partial charge in [0.05, 0.1) is 0 Å². The predicted octanol–water partition coefficient (Wildman–Crippen LogP) is 3.98. The molecule has 4 aliphatic rings. The van der Waals surface area contributed by atoms with Gasteiger partial charge in [-0.3, -0.25) is 0 Å². The zero-order chi connectivity index (χ0) is 15.2. The molecule has 0 aliphatic heterocycles. The maximum Gasteiger partial charge on any atom is 0.00302 e. The third kappa shape index (κ3) is 2.11. The molecular formula is C23H24. The molecule has 1 aromatic rings. The smallest absolute Gasteiger partial charge is 0.00302 e. The van der Waals surface area contributed by atoms with Gasteiger partial charge in [0.1, 0.15) is 0 Å². The van der Waals surface area contributed by atoms with Crippen LogP contribution in [0.15, 0.2) is 48.6 Å². The highest BCUT2D eigenvalue weighted by molar-refractivity contribution is 5.69. The molecule has 1 saturated carbocycles. The zero-order valence-corrected chi connectivity index (χ0v) is 13.7. The molecule has 0 amide bonds. The Kier molecular flexibility index (Phi) is 3.18. The van der Waals surface area contributed by atoms with Crippen molar-refractivity contribution in [1.82, 2.24) is 0 Å². The monoisotopic (exact) mass is 300 g/mol. The van der Waals surface area contributed by atoms with Crippen LogP contribution in [0, 0.1) is 11.8 Å². The van der Waals surface area contributed by atoms with E-state index in [2.05, 4.69) is 48.6 Å². The van der Waals surface area contributed by atoms with Crippen molar-refractivity contribution >= 4 is 11.1 Å². The Bertz CT molecular complexity index is 854. The molecule has 5 rings (SSSR count). The topological polar surface area (TPSA) is 0 Å². The van der Waals surface area contributed by atoms with E-state index in [0.717, 1.165) is 12.3 Å². The molecule has 0 heteroatoms. The van der Waals surface area contributed by atoms with Gasteiger partial charge in [-0.25, -0.2) is 0 Å². The van der Waals surface area contributed by atoms with E-state index >= 15 is 0 Å². The molecule has 0 aromatic heterocycles. The van der Waals surface area contributed by atoms with Crippen molar-refractivity contribution in [2.24, 2.45) is 11.8 Å². The van der Waals surface area contributed by atoms with Crippen molar-refractivity contribution in [2.75, 3.05) is 0 Å². The summed E-state index contributed by atoms with van der Waals surface area (Å²) in [5.74, 6) is 1.45. The second-order valence-corrected chi connectivity index (χ2v) is 7.51. The third-order valence-corrected chi connectivity index (χ3v) is 6.30. The highest BCUT2D eigenvalue weighted by atomic mass is 14.3. The van der Waals surface area contributed by atoms with Gasteiger partial charge in [-0.1, -0.05) is 61.4 Å². The van der Waals surface area contributed by atoms with Gasteiger partial charge in [0.15, 0.2) is 0 Å². The van der Waals surface area contributed by atoms with Crippen LogP contribution in [0.2, 0.25) is 0 Å². The maximum atomic E-state index is 2.44. The molecule has 0 N–H and O–H groups in total. The molecule has 116 valence electrons. The molecule has 1 fully saturated rings. The second kappa shape index (κ2) is 5.37. The molecule has 0 spiro atoms. The van der Waals surface area contributed by atoms with Crippen LogP contribution in [0.1, 0.15) is 43.2 Å². The lowest BCUT2D eigenvalue weighted by atomic mass is 9.78. The molecule has 1 unspecified atom stereocenters. The summed E-state index contributed by atoms with van der Waals surface area (Å²) in [6.07, 6.45) is 23.3. The highest BCUT2D eigenvalue weighted by Gasteiger charge is 2.24. The van der Waals surface area contributed by atoms with Crippen LogP contribution >= 0.6 is 0 Å². The Morgan fingerprint density at radius 2 is 1.61 bits per heavy atom. The molecule has 23 heavy (non-hydrogen) atoms. The molecule has 0 bridgehead atoms. The number of allylic oxidation sites excluding steroid dienone is 6. The summed E-state index contributed by atoms with van der Waals surface area (Å²) < 4.78 is 0. The van der Waals surface area contributed by atoms with E-state index in [1.165, 1.54) is 43.7 Å². The van der Waals surface area contributed by atoms with Crippen LogP contribution in [0.25, 0.3) is 11.1 Å². The summed E-state index contributed by atoms with van der Waals surface area (Å²) in [6.45, 7) is 0. The van der Waals surface area contributed by atoms with Gasteiger partial charge in [0.2, 0.25) is 0 Å². The first-order valence-corrected chi connectivity index (χ1v) is 9.32. The first-order chi connectivity index (χ1) is 11.4. The van der Waals surface area contributed by atoms with E-state index in [-0.39, 0.29) is 0 Å². The fourth-order valence-electron chi connectivity index (χ4n) is 5.16. The number of rotatable bonds is 1. The van der Waals surface area contributed by atoms with E-state index in [1.54, 1.807) is 27.5 Å². The van der Waals surface area contributed by atoms with Gasteiger partial charge in [-0.15, -0.1) is 0 Å². The van der Waals surface area contributed by atoms with Gasteiger partial charge in [0.25, 0.3) is 0 Å². The van der Waals surface area contributed by atoms with Gasteiger partial charge >= 0.3 is 0 Å². The summed E-state index contributed by atoms with van der Waals surface area (Å²) in [6, 6.07) is 4.86. The highest BCUT2D eigenvalue weighted by Crippen LogP contribution is 2.34. The Morgan fingerprint density at radius 3 is 2.48 bits per heavy atom. The molecule has 0 heterocycles. The van der Waals surface area contributed by atoms with Crippen LogP contribution in [0.5, 0.6) is 0 Å².